The fourth-order valence-electron chi connectivity index (χ4n) is 1.96. The monoisotopic (exact) mass is 259 g/mol. The quantitative estimate of drug-likeness (QED) is 0.864. The van der Waals surface area contributed by atoms with Crippen LogP contribution in [0.4, 0.5) is 0 Å². The minimum absolute atomic E-state index is 0.120. The maximum Gasteiger partial charge on any atom is 0.173 e. The normalized spacial score (nSPS) is 12.6. The van der Waals surface area contributed by atoms with E-state index in [2.05, 4.69) is 52.0 Å². The predicted octanol–water partition coefficient (Wildman–Crippen LogP) is 2.29. The summed E-state index contributed by atoms with van der Waals surface area (Å²) >= 11 is 0. The van der Waals surface area contributed by atoms with Crippen molar-refractivity contribution in [1.29, 1.82) is 0 Å². The Morgan fingerprint density at radius 2 is 2.00 bits per heavy atom. The molecular formula is C14H21N5. The molecule has 0 fully saturated rings. The fourth-order valence-corrected chi connectivity index (χ4v) is 1.96. The number of aromatic nitrogens is 4. The summed E-state index contributed by atoms with van der Waals surface area (Å²) in [5, 5.41) is 15.1. The molecular weight excluding hydrogens is 238 g/mol. The van der Waals surface area contributed by atoms with Crippen molar-refractivity contribution in [3.8, 4) is 5.69 Å². The van der Waals surface area contributed by atoms with E-state index >= 15 is 0 Å². The van der Waals surface area contributed by atoms with Crippen LogP contribution in [0.1, 0.15) is 44.1 Å². The summed E-state index contributed by atoms with van der Waals surface area (Å²) in [6, 6.07) is 8.58. The summed E-state index contributed by atoms with van der Waals surface area (Å²) in [7, 11) is 1.90. The van der Waals surface area contributed by atoms with Gasteiger partial charge >= 0.3 is 0 Å². The van der Waals surface area contributed by atoms with Crippen LogP contribution in [0.3, 0.4) is 0 Å². The lowest BCUT2D eigenvalue weighted by Crippen LogP contribution is -2.17. The van der Waals surface area contributed by atoms with Gasteiger partial charge in [0.15, 0.2) is 5.82 Å². The number of rotatable bonds is 6. The van der Waals surface area contributed by atoms with Crippen LogP contribution < -0.4 is 5.32 Å². The first-order chi connectivity index (χ1) is 9.26. The molecule has 0 aliphatic heterocycles. The highest BCUT2D eigenvalue weighted by atomic mass is 15.5. The summed E-state index contributed by atoms with van der Waals surface area (Å²) in [5.41, 5.74) is 2.37. The van der Waals surface area contributed by atoms with Crippen LogP contribution in [0.5, 0.6) is 0 Å². The standard InChI is InChI=1S/C14H21N5/c1-4-5-6-12-7-9-13(10-8-12)19-14(11(2)15-3)16-17-18-19/h7-11,15H,4-6H2,1-3H3. The molecule has 5 heteroatoms. The van der Waals surface area contributed by atoms with E-state index in [1.807, 2.05) is 14.0 Å². The maximum absolute atomic E-state index is 4.07. The van der Waals surface area contributed by atoms with Crippen molar-refractivity contribution >= 4 is 0 Å². The first-order valence-corrected chi connectivity index (χ1v) is 6.81. The summed E-state index contributed by atoms with van der Waals surface area (Å²) in [5.74, 6) is 0.823. The average molecular weight is 259 g/mol. The third-order valence-corrected chi connectivity index (χ3v) is 3.31. The summed E-state index contributed by atoms with van der Waals surface area (Å²) in [6.07, 6.45) is 3.58. The number of hydrogen-bond acceptors (Lipinski definition) is 4. The molecule has 19 heavy (non-hydrogen) atoms. The number of unbranched alkanes of at least 4 members (excludes halogenated alkanes) is 1. The van der Waals surface area contributed by atoms with Gasteiger partial charge in [-0.1, -0.05) is 25.5 Å². The Balaban J connectivity index is 2.20. The first kappa shape index (κ1) is 13.7. The Morgan fingerprint density at radius 3 is 2.63 bits per heavy atom. The molecule has 0 spiro atoms. The number of aryl methyl sites for hydroxylation is 1. The van der Waals surface area contributed by atoms with Crippen molar-refractivity contribution in [2.75, 3.05) is 7.05 Å². The van der Waals surface area contributed by atoms with E-state index in [9.17, 15) is 0 Å². The molecule has 0 radical (unpaired) electrons. The molecule has 1 N–H and O–H groups in total. The van der Waals surface area contributed by atoms with Gasteiger partial charge in [-0.15, -0.1) is 5.10 Å². The van der Waals surface area contributed by atoms with Crippen LogP contribution >= 0.6 is 0 Å². The average Bonchev–Trinajstić information content (AvgIpc) is 2.94. The molecule has 0 aliphatic rings. The number of tetrazole rings is 1. The van der Waals surface area contributed by atoms with Crippen molar-refractivity contribution in [1.82, 2.24) is 25.5 Å². The summed E-state index contributed by atoms with van der Waals surface area (Å²) in [4.78, 5) is 0. The molecule has 0 saturated heterocycles. The summed E-state index contributed by atoms with van der Waals surface area (Å²) in [6.45, 7) is 4.25. The zero-order chi connectivity index (χ0) is 13.7. The molecule has 5 nitrogen and oxygen atoms in total. The molecule has 0 saturated carbocycles. The summed E-state index contributed by atoms with van der Waals surface area (Å²) < 4.78 is 1.78. The van der Waals surface area contributed by atoms with Gasteiger partial charge in [-0.3, -0.25) is 0 Å². The van der Waals surface area contributed by atoms with E-state index in [1.165, 1.54) is 18.4 Å². The molecule has 1 aromatic carbocycles. The predicted molar refractivity (Wildman–Crippen MR) is 75.2 cm³/mol. The van der Waals surface area contributed by atoms with Crippen molar-refractivity contribution < 1.29 is 0 Å². The highest BCUT2D eigenvalue weighted by molar-refractivity contribution is 5.34. The highest BCUT2D eigenvalue weighted by Crippen LogP contribution is 2.15. The second-order valence-corrected chi connectivity index (χ2v) is 4.73. The fraction of sp³-hybridized carbons (Fsp3) is 0.500. The van der Waals surface area contributed by atoms with E-state index < -0.39 is 0 Å². The van der Waals surface area contributed by atoms with Gasteiger partial charge in [0.2, 0.25) is 0 Å². The molecule has 102 valence electrons. The number of nitrogens with zero attached hydrogens (tertiary/aromatic N) is 4. The van der Waals surface area contributed by atoms with Crippen LogP contribution in [0, 0.1) is 0 Å². The number of hydrogen-bond donors (Lipinski definition) is 1. The zero-order valence-electron chi connectivity index (χ0n) is 11.8. The number of nitrogens with one attached hydrogen (secondary N) is 1. The molecule has 0 bridgehead atoms. The smallest absolute Gasteiger partial charge is 0.173 e. The molecule has 1 atom stereocenters. The second-order valence-electron chi connectivity index (χ2n) is 4.73. The lowest BCUT2D eigenvalue weighted by Gasteiger charge is -2.10. The van der Waals surface area contributed by atoms with Crippen LogP contribution in [0.15, 0.2) is 24.3 Å². The Hall–Kier alpha value is -1.75. The highest BCUT2D eigenvalue weighted by Gasteiger charge is 2.13. The lowest BCUT2D eigenvalue weighted by atomic mass is 10.1. The molecule has 1 heterocycles. The van der Waals surface area contributed by atoms with E-state index in [0.717, 1.165) is 17.9 Å². The number of benzene rings is 1. The van der Waals surface area contributed by atoms with Crippen LogP contribution in [-0.4, -0.2) is 27.3 Å². The molecule has 1 unspecified atom stereocenters. The SMILES string of the molecule is CCCCc1ccc(-n2nnnc2C(C)NC)cc1. The van der Waals surface area contributed by atoms with Crippen molar-refractivity contribution in [2.24, 2.45) is 0 Å². The largest absolute Gasteiger partial charge is 0.311 e. The first-order valence-electron chi connectivity index (χ1n) is 6.81. The van der Waals surface area contributed by atoms with E-state index in [1.54, 1.807) is 4.68 Å². The third kappa shape index (κ3) is 3.17. The van der Waals surface area contributed by atoms with Gasteiger partial charge in [0, 0.05) is 0 Å². The van der Waals surface area contributed by atoms with E-state index in [-0.39, 0.29) is 6.04 Å². The van der Waals surface area contributed by atoms with Crippen LogP contribution in [0.2, 0.25) is 0 Å². The van der Waals surface area contributed by atoms with Gasteiger partial charge < -0.3 is 5.32 Å². The minimum atomic E-state index is 0.120. The Morgan fingerprint density at radius 1 is 1.26 bits per heavy atom. The van der Waals surface area contributed by atoms with Gasteiger partial charge in [0.05, 0.1) is 11.7 Å². The van der Waals surface area contributed by atoms with Crippen molar-refractivity contribution in [3.05, 3.63) is 35.7 Å². The Kier molecular flexibility index (Phi) is 4.63. The van der Waals surface area contributed by atoms with Crippen molar-refractivity contribution in [3.63, 3.8) is 0 Å². The van der Waals surface area contributed by atoms with Gasteiger partial charge in [-0.2, -0.15) is 4.68 Å². The Bertz CT molecular complexity index is 503. The topological polar surface area (TPSA) is 55.6 Å². The lowest BCUT2D eigenvalue weighted by molar-refractivity contribution is 0.588. The maximum atomic E-state index is 4.07. The Labute approximate surface area is 114 Å². The van der Waals surface area contributed by atoms with E-state index in [4.69, 9.17) is 0 Å². The van der Waals surface area contributed by atoms with Gasteiger partial charge in [0.1, 0.15) is 0 Å². The van der Waals surface area contributed by atoms with E-state index in [0.29, 0.717) is 0 Å². The third-order valence-electron chi connectivity index (χ3n) is 3.31. The minimum Gasteiger partial charge on any atom is -0.311 e. The van der Waals surface area contributed by atoms with Gasteiger partial charge in [0.25, 0.3) is 0 Å². The molecule has 0 aliphatic carbocycles. The van der Waals surface area contributed by atoms with Crippen molar-refractivity contribution in [2.45, 2.75) is 39.2 Å². The molecule has 2 aromatic rings. The zero-order valence-corrected chi connectivity index (χ0v) is 11.8. The van der Waals surface area contributed by atoms with Crippen LogP contribution in [0.25, 0.3) is 5.69 Å². The van der Waals surface area contributed by atoms with Gasteiger partial charge in [-0.05, 0) is 54.9 Å². The molecule has 2 rings (SSSR count). The second kappa shape index (κ2) is 6.43. The molecule has 0 amide bonds. The van der Waals surface area contributed by atoms with Gasteiger partial charge in [-0.25, -0.2) is 0 Å². The molecule has 1 aromatic heterocycles. The van der Waals surface area contributed by atoms with Crippen LogP contribution in [-0.2, 0) is 6.42 Å².